The van der Waals surface area contributed by atoms with Crippen LogP contribution in [-0.2, 0) is 4.74 Å². The van der Waals surface area contributed by atoms with Crippen LogP contribution in [-0.4, -0.2) is 33.5 Å². The summed E-state index contributed by atoms with van der Waals surface area (Å²) < 4.78 is 14.9. The highest BCUT2D eigenvalue weighted by molar-refractivity contribution is 5.71. The molecule has 5 heteroatoms. The molecule has 0 unspecified atom stereocenters. The maximum absolute atomic E-state index is 11.3. The summed E-state index contributed by atoms with van der Waals surface area (Å²) in [7, 11) is 3.08. The van der Waals surface area contributed by atoms with Crippen LogP contribution in [0, 0.1) is 0 Å². The van der Waals surface area contributed by atoms with E-state index in [2.05, 4.69) is 5.32 Å². The van der Waals surface area contributed by atoms with Crippen LogP contribution in [0.3, 0.4) is 0 Å². The predicted molar refractivity (Wildman–Crippen MR) is 58.9 cm³/mol. The SMILES string of the molecule is COCCNC(=O)Oc1ccccc1OC. The summed E-state index contributed by atoms with van der Waals surface area (Å²) in [6, 6.07) is 6.95. The highest BCUT2D eigenvalue weighted by Gasteiger charge is 2.07. The molecule has 16 heavy (non-hydrogen) atoms. The van der Waals surface area contributed by atoms with Crippen LogP contribution in [0.25, 0.3) is 0 Å². The van der Waals surface area contributed by atoms with E-state index in [1.165, 1.54) is 7.11 Å². The molecule has 0 spiro atoms. The molecule has 0 aliphatic carbocycles. The van der Waals surface area contributed by atoms with E-state index >= 15 is 0 Å². The minimum atomic E-state index is -0.526. The monoisotopic (exact) mass is 225 g/mol. The lowest BCUT2D eigenvalue weighted by Crippen LogP contribution is -2.29. The van der Waals surface area contributed by atoms with Crippen molar-refractivity contribution < 1.29 is 19.0 Å². The Balaban J connectivity index is 2.49. The summed E-state index contributed by atoms with van der Waals surface area (Å²) in [6.45, 7) is 0.853. The predicted octanol–water partition coefficient (Wildman–Crippen LogP) is 1.43. The zero-order valence-corrected chi connectivity index (χ0v) is 9.36. The molecule has 0 aliphatic heterocycles. The van der Waals surface area contributed by atoms with Crippen LogP contribution in [0.1, 0.15) is 0 Å². The Morgan fingerprint density at radius 3 is 2.56 bits per heavy atom. The number of nitrogens with one attached hydrogen (secondary N) is 1. The Hall–Kier alpha value is -1.75. The molecular formula is C11H15NO4. The van der Waals surface area contributed by atoms with Crippen LogP contribution in [0.2, 0.25) is 0 Å². The van der Waals surface area contributed by atoms with E-state index in [9.17, 15) is 4.79 Å². The van der Waals surface area contributed by atoms with E-state index in [-0.39, 0.29) is 0 Å². The maximum Gasteiger partial charge on any atom is 0.412 e. The van der Waals surface area contributed by atoms with Gasteiger partial charge in [0.05, 0.1) is 13.7 Å². The smallest absolute Gasteiger partial charge is 0.412 e. The van der Waals surface area contributed by atoms with Gasteiger partial charge >= 0.3 is 6.09 Å². The number of hydrogen-bond acceptors (Lipinski definition) is 4. The van der Waals surface area contributed by atoms with Gasteiger partial charge in [0.25, 0.3) is 0 Å². The molecule has 0 atom stereocenters. The van der Waals surface area contributed by atoms with Crippen LogP contribution in [0.5, 0.6) is 11.5 Å². The second kappa shape index (κ2) is 6.68. The van der Waals surface area contributed by atoms with Crippen molar-refractivity contribution in [1.29, 1.82) is 0 Å². The maximum atomic E-state index is 11.3. The van der Waals surface area contributed by atoms with Gasteiger partial charge < -0.3 is 19.5 Å². The van der Waals surface area contributed by atoms with Gasteiger partial charge in [0.1, 0.15) is 0 Å². The number of carbonyl (C=O) groups is 1. The summed E-state index contributed by atoms with van der Waals surface area (Å²) >= 11 is 0. The summed E-state index contributed by atoms with van der Waals surface area (Å²) in [6.07, 6.45) is -0.526. The van der Waals surface area contributed by atoms with Gasteiger partial charge in [-0.2, -0.15) is 0 Å². The van der Waals surface area contributed by atoms with Crippen molar-refractivity contribution in [2.24, 2.45) is 0 Å². The van der Waals surface area contributed by atoms with E-state index in [0.29, 0.717) is 24.7 Å². The summed E-state index contributed by atoms with van der Waals surface area (Å²) in [5.74, 6) is 0.907. The first-order valence-corrected chi connectivity index (χ1v) is 4.85. The van der Waals surface area contributed by atoms with Gasteiger partial charge in [-0.1, -0.05) is 12.1 Å². The van der Waals surface area contributed by atoms with Crippen molar-refractivity contribution in [3.8, 4) is 11.5 Å². The van der Waals surface area contributed by atoms with Gasteiger partial charge in [0.15, 0.2) is 11.5 Å². The lowest BCUT2D eigenvalue weighted by molar-refractivity contribution is 0.179. The molecule has 1 rings (SSSR count). The van der Waals surface area contributed by atoms with Gasteiger partial charge in [-0.05, 0) is 12.1 Å². The first kappa shape index (κ1) is 12.3. The molecule has 0 heterocycles. The summed E-state index contributed by atoms with van der Waals surface area (Å²) in [4.78, 5) is 11.3. The van der Waals surface area contributed by atoms with E-state index in [0.717, 1.165) is 0 Å². The van der Waals surface area contributed by atoms with E-state index in [1.807, 2.05) is 0 Å². The molecule has 1 amide bonds. The van der Waals surface area contributed by atoms with Crippen LogP contribution in [0.15, 0.2) is 24.3 Å². The average molecular weight is 225 g/mol. The minimum absolute atomic E-state index is 0.389. The molecule has 0 fully saturated rings. The quantitative estimate of drug-likeness (QED) is 0.770. The number of benzene rings is 1. The van der Waals surface area contributed by atoms with Gasteiger partial charge in [0, 0.05) is 13.7 Å². The van der Waals surface area contributed by atoms with E-state index < -0.39 is 6.09 Å². The van der Waals surface area contributed by atoms with Crippen molar-refractivity contribution in [2.75, 3.05) is 27.4 Å². The second-order valence-corrected chi connectivity index (χ2v) is 2.96. The van der Waals surface area contributed by atoms with Crippen molar-refractivity contribution >= 4 is 6.09 Å². The largest absolute Gasteiger partial charge is 0.493 e. The topological polar surface area (TPSA) is 56.8 Å². The van der Waals surface area contributed by atoms with Crippen LogP contribution < -0.4 is 14.8 Å². The number of hydrogen-bond donors (Lipinski definition) is 1. The molecule has 1 N–H and O–H groups in total. The lowest BCUT2D eigenvalue weighted by atomic mass is 10.3. The molecule has 0 radical (unpaired) electrons. The minimum Gasteiger partial charge on any atom is -0.493 e. The third-order valence-electron chi connectivity index (χ3n) is 1.85. The fraction of sp³-hybridized carbons (Fsp3) is 0.364. The molecule has 1 aromatic rings. The third-order valence-corrected chi connectivity index (χ3v) is 1.85. The molecule has 0 aromatic heterocycles. The molecule has 0 bridgehead atoms. The van der Waals surface area contributed by atoms with E-state index in [1.54, 1.807) is 31.4 Å². The third kappa shape index (κ3) is 3.78. The average Bonchev–Trinajstić information content (AvgIpc) is 2.30. The Labute approximate surface area is 94.3 Å². The Kier molecular flexibility index (Phi) is 5.15. The number of ether oxygens (including phenoxy) is 3. The molecule has 0 saturated carbocycles. The van der Waals surface area contributed by atoms with Gasteiger partial charge in [-0.15, -0.1) is 0 Å². The summed E-state index contributed by atoms with van der Waals surface area (Å²) in [5.41, 5.74) is 0. The van der Waals surface area contributed by atoms with Crippen molar-refractivity contribution in [3.05, 3.63) is 24.3 Å². The Bertz CT molecular complexity index is 341. The zero-order chi connectivity index (χ0) is 11.8. The van der Waals surface area contributed by atoms with Crippen molar-refractivity contribution in [2.45, 2.75) is 0 Å². The van der Waals surface area contributed by atoms with E-state index in [4.69, 9.17) is 14.2 Å². The first-order chi connectivity index (χ1) is 7.77. The summed E-state index contributed by atoms with van der Waals surface area (Å²) in [5, 5.41) is 2.54. The zero-order valence-electron chi connectivity index (χ0n) is 9.36. The highest BCUT2D eigenvalue weighted by atomic mass is 16.6. The molecule has 5 nitrogen and oxygen atoms in total. The number of methoxy groups -OCH3 is 2. The van der Waals surface area contributed by atoms with Crippen LogP contribution in [0.4, 0.5) is 4.79 Å². The Morgan fingerprint density at radius 2 is 1.94 bits per heavy atom. The lowest BCUT2D eigenvalue weighted by Gasteiger charge is -2.09. The van der Waals surface area contributed by atoms with Gasteiger partial charge in [0.2, 0.25) is 0 Å². The molecule has 0 saturated heterocycles. The second-order valence-electron chi connectivity index (χ2n) is 2.96. The normalized spacial score (nSPS) is 9.62. The fourth-order valence-electron chi connectivity index (χ4n) is 1.09. The highest BCUT2D eigenvalue weighted by Crippen LogP contribution is 2.25. The standard InChI is InChI=1S/C11H15NO4/c1-14-8-7-12-11(13)16-10-6-4-3-5-9(10)15-2/h3-6H,7-8H2,1-2H3,(H,12,13). The number of amides is 1. The van der Waals surface area contributed by atoms with Crippen molar-refractivity contribution in [3.63, 3.8) is 0 Å². The fourth-order valence-corrected chi connectivity index (χ4v) is 1.09. The van der Waals surface area contributed by atoms with Crippen molar-refractivity contribution in [1.82, 2.24) is 5.32 Å². The molecule has 0 aliphatic rings. The first-order valence-electron chi connectivity index (χ1n) is 4.85. The number of carbonyl (C=O) groups excluding carboxylic acids is 1. The number of para-hydroxylation sites is 2. The number of rotatable bonds is 5. The Morgan fingerprint density at radius 1 is 1.25 bits per heavy atom. The van der Waals surface area contributed by atoms with Gasteiger partial charge in [-0.25, -0.2) is 4.79 Å². The van der Waals surface area contributed by atoms with Crippen LogP contribution >= 0.6 is 0 Å². The van der Waals surface area contributed by atoms with Gasteiger partial charge in [-0.3, -0.25) is 0 Å². The molecule has 88 valence electrons. The molecular weight excluding hydrogens is 210 g/mol. The molecule has 1 aromatic carbocycles.